The first-order valence-electron chi connectivity index (χ1n) is 5.50. The molecule has 3 nitrogen and oxygen atoms in total. The van der Waals surface area contributed by atoms with E-state index in [1.54, 1.807) is 0 Å². The van der Waals surface area contributed by atoms with E-state index in [4.69, 9.17) is 4.74 Å². The molecule has 2 fully saturated rings. The van der Waals surface area contributed by atoms with Crippen LogP contribution in [0.25, 0.3) is 0 Å². The van der Waals surface area contributed by atoms with Crippen LogP contribution in [-0.2, 0) is 4.74 Å². The molecule has 0 amide bonds. The fraction of sp³-hybridized carbons (Fsp3) is 1.00. The lowest BCUT2D eigenvalue weighted by Gasteiger charge is -2.29. The minimum atomic E-state index is 0.503. The third-order valence-electron chi connectivity index (χ3n) is 3.08. The number of nitrogens with one attached hydrogen (secondary N) is 2. The molecule has 2 aliphatic heterocycles. The van der Waals surface area contributed by atoms with Crippen LogP contribution in [-0.4, -0.2) is 38.9 Å². The quantitative estimate of drug-likeness (QED) is 0.617. The van der Waals surface area contributed by atoms with Gasteiger partial charge in [-0.1, -0.05) is 0 Å². The van der Waals surface area contributed by atoms with E-state index in [2.05, 4.69) is 10.6 Å². The Bertz CT molecular complexity index is 138. The molecule has 2 saturated heterocycles. The van der Waals surface area contributed by atoms with E-state index in [-0.39, 0.29) is 0 Å². The Hall–Kier alpha value is -0.120. The van der Waals surface area contributed by atoms with E-state index in [0.29, 0.717) is 6.10 Å². The second kappa shape index (κ2) is 4.94. The standard InChI is InChI=1S/C10H20N2O/c1-2-9(8-12-4-1)10-3-5-11-6-7-13-10/h9-12H,1-8H2. The van der Waals surface area contributed by atoms with E-state index in [9.17, 15) is 0 Å². The average Bonchev–Trinajstić information content (AvgIpc) is 2.47. The summed E-state index contributed by atoms with van der Waals surface area (Å²) >= 11 is 0. The van der Waals surface area contributed by atoms with Gasteiger partial charge in [0.2, 0.25) is 0 Å². The molecule has 0 spiro atoms. The molecule has 0 bridgehead atoms. The Balaban J connectivity index is 1.82. The molecule has 3 heteroatoms. The van der Waals surface area contributed by atoms with Gasteiger partial charge in [0, 0.05) is 13.1 Å². The smallest absolute Gasteiger partial charge is 0.0628 e. The molecule has 0 radical (unpaired) electrons. The predicted octanol–water partition coefficient (Wildman–Crippen LogP) is 0.364. The van der Waals surface area contributed by atoms with Gasteiger partial charge in [0.15, 0.2) is 0 Å². The Morgan fingerprint density at radius 3 is 2.85 bits per heavy atom. The summed E-state index contributed by atoms with van der Waals surface area (Å²) in [6.45, 7) is 5.39. The minimum absolute atomic E-state index is 0.503. The molecule has 76 valence electrons. The largest absolute Gasteiger partial charge is 0.377 e. The summed E-state index contributed by atoms with van der Waals surface area (Å²) in [6.07, 6.45) is 4.35. The minimum Gasteiger partial charge on any atom is -0.377 e. The first-order valence-corrected chi connectivity index (χ1v) is 5.50. The molecular weight excluding hydrogens is 164 g/mol. The number of rotatable bonds is 1. The van der Waals surface area contributed by atoms with Crippen molar-refractivity contribution in [1.29, 1.82) is 0 Å². The van der Waals surface area contributed by atoms with Gasteiger partial charge >= 0.3 is 0 Å². The number of hydrogen-bond donors (Lipinski definition) is 2. The van der Waals surface area contributed by atoms with Crippen LogP contribution in [0.2, 0.25) is 0 Å². The second-order valence-electron chi connectivity index (χ2n) is 4.05. The average molecular weight is 184 g/mol. The third-order valence-corrected chi connectivity index (χ3v) is 3.08. The van der Waals surface area contributed by atoms with Crippen molar-refractivity contribution in [2.24, 2.45) is 5.92 Å². The van der Waals surface area contributed by atoms with Crippen LogP contribution in [0, 0.1) is 5.92 Å². The molecule has 0 saturated carbocycles. The van der Waals surface area contributed by atoms with Gasteiger partial charge in [-0.05, 0) is 38.3 Å². The fourth-order valence-corrected chi connectivity index (χ4v) is 2.30. The molecule has 2 unspecified atom stereocenters. The monoisotopic (exact) mass is 184 g/mol. The zero-order chi connectivity index (χ0) is 8.93. The molecule has 0 aromatic carbocycles. The van der Waals surface area contributed by atoms with Crippen molar-refractivity contribution in [1.82, 2.24) is 10.6 Å². The Labute approximate surface area is 80.2 Å². The van der Waals surface area contributed by atoms with Gasteiger partial charge < -0.3 is 15.4 Å². The second-order valence-corrected chi connectivity index (χ2v) is 4.05. The Morgan fingerprint density at radius 2 is 2.00 bits per heavy atom. The predicted molar refractivity (Wildman–Crippen MR) is 52.8 cm³/mol. The molecule has 2 rings (SSSR count). The highest BCUT2D eigenvalue weighted by Crippen LogP contribution is 2.20. The van der Waals surface area contributed by atoms with Crippen molar-refractivity contribution in [3.8, 4) is 0 Å². The van der Waals surface area contributed by atoms with Crippen molar-refractivity contribution in [3.63, 3.8) is 0 Å². The van der Waals surface area contributed by atoms with E-state index < -0.39 is 0 Å². The summed E-state index contributed by atoms with van der Waals surface area (Å²) in [5, 5.41) is 6.82. The van der Waals surface area contributed by atoms with E-state index in [1.807, 2.05) is 0 Å². The molecule has 2 aliphatic rings. The molecule has 13 heavy (non-hydrogen) atoms. The van der Waals surface area contributed by atoms with Crippen LogP contribution < -0.4 is 10.6 Å². The summed E-state index contributed by atoms with van der Waals surface area (Å²) in [5.41, 5.74) is 0. The molecule has 2 atom stereocenters. The van der Waals surface area contributed by atoms with Crippen LogP contribution in [0.3, 0.4) is 0 Å². The van der Waals surface area contributed by atoms with Gasteiger partial charge in [0.25, 0.3) is 0 Å². The summed E-state index contributed by atoms with van der Waals surface area (Å²) in [6, 6.07) is 0. The maximum atomic E-state index is 5.84. The summed E-state index contributed by atoms with van der Waals surface area (Å²) < 4.78 is 5.84. The van der Waals surface area contributed by atoms with Gasteiger partial charge in [-0.3, -0.25) is 0 Å². The lowest BCUT2D eigenvalue weighted by atomic mass is 9.92. The van der Waals surface area contributed by atoms with E-state index in [0.717, 1.165) is 32.2 Å². The highest BCUT2D eigenvalue weighted by molar-refractivity contribution is 4.78. The van der Waals surface area contributed by atoms with Gasteiger partial charge in [0.05, 0.1) is 12.7 Å². The first-order chi connectivity index (χ1) is 6.47. The zero-order valence-corrected chi connectivity index (χ0v) is 8.22. The van der Waals surface area contributed by atoms with Crippen molar-refractivity contribution < 1.29 is 4.74 Å². The van der Waals surface area contributed by atoms with Gasteiger partial charge in [-0.2, -0.15) is 0 Å². The topological polar surface area (TPSA) is 33.3 Å². The summed E-state index contributed by atoms with van der Waals surface area (Å²) in [4.78, 5) is 0. The van der Waals surface area contributed by atoms with Crippen LogP contribution in [0.4, 0.5) is 0 Å². The van der Waals surface area contributed by atoms with Gasteiger partial charge in [-0.15, -0.1) is 0 Å². The maximum absolute atomic E-state index is 5.84. The molecule has 2 heterocycles. The van der Waals surface area contributed by atoms with Crippen molar-refractivity contribution in [2.75, 3.05) is 32.8 Å². The Kier molecular flexibility index (Phi) is 3.58. The van der Waals surface area contributed by atoms with Crippen molar-refractivity contribution in [3.05, 3.63) is 0 Å². The first kappa shape index (κ1) is 9.44. The van der Waals surface area contributed by atoms with Crippen molar-refractivity contribution >= 4 is 0 Å². The van der Waals surface area contributed by atoms with E-state index >= 15 is 0 Å². The van der Waals surface area contributed by atoms with Gasteiger partial charge in [0.1, 0.15) is 0 Å². The Morgan fingerprint density at radius 1 is 1.00 bits per heavy atom. The fourth-order valence-electron chi connectivity index (χ4n) is 2.30. The van der Waals surface area contributed by atoms with E-state index in [1.165, 1.54) is 25.8 Å². The molecule has 0 aliphatic carbocycles. The van der Waals surface area contributed by atoms with Crippen LogP contribution in [0.1, 0.15) is 19.3 Å². The summed E-state index contributed by atoms with van der Waals surface area (Å²) in [5.74, 6) is 0.758. The van der Waals surface area contributed by atoms with Crippen LogP contribution in [0.5, 0.6) is 0 Å². The van der Waals surface area contributed by atoms with Crippen LogP contribution >= 0.6 is 0 Å². The molecule has 2 N–H and O–H groups in total. The zero-order valence-electron chi connectivity index (χ0n) is 8.22. The molecular formula is C10H20N2O. The highest BCUT2D eigenvalue weighted by Gasteiger charge is 2.24. The molecule has 0 aromatic heterocycles. The SMILES string of the molecule is C1CNCC(C2CCNCCO2)C1. The highest BCUT2D eigenvalue weighted by atomic mass is 16.5. The van der Waals surface area contributed by atoms with Crippen molar-refractivity contribution in [2.45, 2.75) is 25.4 Å². The maximum Gasteiger partial charge on any atom is 0.0628 e. The third kappa shape index (κ3) is 2.66. The number of hydrogen-bond acceptors (Lipinski definition) is 3. The van der Waals surface area contributed by atoms with Crippen LogP contribution in [0.15, 0.2) is 0 Å². The number of piperidine rings is 1. The lowest BCUT2D eigenvalue weighted by molar-refractivity contribution is 0.0137. The normalized spacial score (nSPS) is 36.9. The lowest BCUT2D eigenvalue weighted by Crippen LogP contribution is -2.38. The summed E-state index contributed by atoms with van der Waals surface area (Å²) in [7, 11) is 0. The van der Waals surface area contributed by atoms with Gasteiger partial charge in [-0.25, -0.2) is 0 Å². The number of ether oxygens (including phenoxy) is 1. The molecule has 0 aromatic rings.